The summed E-state index contributed by atoms with van der Waals surface area (Å²) in [5.74, 6) is 2.59. The first-order chi connectivity index (χ1) is 15.1. The minimum Gasteiger partial charge on any atom is -0.479 e. The predicted octanol–water partition coefficient (Wildman–Crippen LogP) is 2.28. The van der Waals surface area contributed by atoms with Gasteiger partial charge in [-0.3, -0.25) is 20.9 Å². The maximum absolute atomic E-state index is 11.3. The molecule has 2 aliphatic heterocycles. The van der Waals surface area contributed by atoms with E-state index in [1.54, 1.807) is 11.8 Å². The summed E-state index contributed by atoms with van der Waals surface area (Å²) in [6, 6.07) is 0.587. The van der Waals surface area contributed by atoms with Crippen LogP contribution in [0.3, 0.4) is 0 Å². The van der Waals surface area contributed by atoms with Crippen molar-refractivity contribution in [2.75, 3.05) is 39.0 Å². The van der Waals surface area contributed by atoms with Crippen molar-refractivity contribution >= 4 is 17.7 Å². The monoisotopic (exact) mass is 454 g/mol. The molecule has 4 rings (SSSR count). The molecule has 2 aliphatic carbocycles. The molecule has 0 radical (unpaired) electrons. The Morgan fingerprint density at radius 2 is 1.77 bits per heavy atom. The first-order valence-corrected chi connectivity index (χ1v) is 13.5. The van der Waals surface area contributed by atoms with Gasteiger partial charge in [-0.05, 0) is 75.5 Å². The molecule has 8 heteroatoms. The molecule has 0 aromatic heterocycles. The van der Waals surface area contributed by atoms with E-state index in [9.17, 15) is 9.90 Å². The van der Waals surface area contributed by atoms with Crippen LogP contribution in [0.5, 0.6) is 0 Å². The first kappa shape index (κ1) is 23.8. The minimum atomic E-state index is -0.673. The van der Waals surface area contributed by atoms with Gasteiger partial charge in [0.05, 0.1) is 6.10 Å². The maximum atomic E-state index is 11.3. The highest BCUT2D eigenvalue weighted by atomic mass is 32.2. The van der Waals surface area contributed by atoms with E-state index in [1.807, 2.05) is 7.11 Å². The first-order valence-electron chi connectivity index (χ1n) is 12.5. The Morgan fingerprint density at radius 1 is 1.06 bits per heavy atom. The average molecular weight is 455 g/mol. The largest absolute Gasteiger partial charge is 0.479 e. The highest BCUT2D eigenvalue weighted by Gasteiger charge is 2.33. The number of carbonyl (C=O) groups is 1. The fraction of sp³-hybridized carbons (Fsp3) is 0.957. The van der Waals surface area contributed by atoms with Crippen LogP contribution in [0, 0.1) is 17.8 Å². The van der Waals surface area contributed by atoms with Crippen molar-refractivity contribution in [3.05, 3.63) is 0 Å². The number of nitrogens with one attached hydrogen (secondary N) is 3. The van der Waals surface area contributed by atoms with Gasteiger partial charge in [-0.2, -0.15) is 0 Å². The Hall–Kier alpha value is -0.380. The molecule has 2 heterocycles. The molecule has 4 N–H and O–H groups in total. The second kappa shape index (κ2) is 11.7. The van der Waals surface area contributed by atoms with E-state index in [0.717, 1.165) is 56.1 Å². The third-order valence-corrected chi connectivity index (χ3v) is 9.39. The normalized spacial score (nSPS) is 40.1. The number of hydrogen-bond donors (Lipinski definition) is 4. The number of ether oxygens (including phenoxy) is 1. The Balaban J connectivity index is 1.09. The van der Waals surface area contributed by atoms with Crippen molar-refractivity contribution in [3.63, 3.8) is 0 Å². The van der Waals surface area contributed by atoms with E-state index in [0.29, 0.717) is 12.1 Å². The molecule has 178 valence electrons. The number of nitrogens with zero attached hydrogens (tertiary/aromatic N) is 1. The average Bonchev–Trinajstić information content (AvgIpc) is 3.28. The summed E-state index contributed by atoms with van der Waals surface area (Å²) in [7, 11) is 1.85. The second-order valence-electron chi connectivity index (χ2n) is 10.1. The van der Waals surface area contributed by atoms with E-state index in [4.69, 9.17) is 4.74 Å². The standard InChI is InChI=1S/C23H42N4O3S/c1-30-20-8-4-17(5-9-20)18-14-24-23(25-15-18)26-19-6-2-16(3-7-19)10-11-27-12-13-31-21(27)22(28)29/h16-21,23-26H,2-15H2,1H3,(H,28,29). The van der Waals surface area contributed by atoms with Gasteiger partial charge < -0.3 is 9.84 Å². The van der Waals surface area contributed by atoms with Crippen molar-refractivity contribution < 1.29 is 14.6 Å². The zero-order valence-electron chi connectivity index (χ0n) is 19.1. The third kappa shape index (κ3) is 6.58. The van der Waals surface area contributed by atoms with Crippen LogP contribution in [-0.2, 0) is 9.53 Å². The summed E-state index contributed by atoms with van der Waals surface area (Å²) in [5.41, 5.74) is 0. The van der Waals surface area contributed by atoms with Gasteiger partial charge >= 0.3 is 5.97 Å². The second-order valence-corrected chi connectivity index (χ2v) is 11.2. The molecule has 31 heavy (non-hydrogen) atoms. The van der Waals surface area contributed by atoms with Crippen molar-refractivity contribution in [1.82, 2.24) is 20.9 Å². The van der Waals surface area contributed by atoms with Gasteiger partial charge in [-0.25, -0.2) is 4.79 Å². The van der Waals surface area contributed by atoms with Crippen LogP contribution in [0.4, 0.5) is 0 Å². The molecule has 0 spiro atoms. The Labute approximate surface area is 191 Å². The van der Waals surface area contributed by atoms with E-state index >= 15 is 0 Å². The number of carboxylic acid groups (broad SMARTS) is 1. The van der Waals surface area contributed by atoms with Crippen molar-refractivity contribution in [2.24, 2.45) is 17.8 Å². The molecule has 1 unspecified atom stereocenters. The van der Waals surface area contributed by atoms with Gasteiger partial charge in [0.15, 0.2) is 5.37 Å². The highest BCUT2D eigenvalue weighted by molar-refractivity contribution is 8.00. The number of methoxy groups -OCH3 is 1. The van der Waals surface area contributed by atoms with Crippen molar-refractivity contribution in [3.8, 4) is 0 Å². The third-order valence-electron chi connectivity index (χ3n) is 8.16. The van der Waals surface area contributed by atoms with Crippen molar-refractivity contribution in [1.29, 1.82) is 0 Å². The van der Waals surface area contributed by atoms with Gasteiger partial charge in [0.2, 0.25) is 0 Å². The summed E-state index contributed by atoms with van der Waals surface area (Å²) in [4.78, 5) is 13.5. The highest BCUT2D eigenvalue weighted by Crippen LogP contribution is 2.32. The summed E-state index contributed by atoms with van der Waals surface area (Å²) < 4.78 is 5.52. The van der Waals surface area contributed by atoms with Gasteiger partial charge in [0.25, 0.3) is 0 Å². The molecule has 1 atom stereocenters. The molecule has 2 saturated carbocycles. The van der Waals surface area contributed by atoms with E-state index in [2.05, 4.69) is 20.9 Å². The fourth-order valence-corrected chi connectivity index (χ4v) is 7.22. The summed E-state index contributed by atoms with van der Waals surface area (Å²) in [5, 5.41) is 20.2. The Bertz CT molecular complexity index is 559. The molecule has 0 amide bonds. The van der Waals surface area contributed by atoms with Crippen LogP contribution in [-0.4, -0.2) is 78.8 Å². The molecule has 2 saturated heterocycles. The zero-order valence-corrected chi connectivity index (χ0v) is 19.9. The van der Waals surface area contributed by atoms with Gasteiger partial charge in [0, 0.05) is 45.1 Å². The lowest BCUT2D eigenvalue weighted by Crippen LogP contribution is -2.63. The van der Waals surface area contributed by atoms with Crippen LogP contribution in [0.25, 0.3) is 0 Å². The van der Waals surface area contributed by atoms with E-state index in [-0.39, 0.29) is 11.7 Å². The summed E-state index contributed by atoms with van der Waals surface area (Å²) in [6.07, 6.45) is 11.9. The predicted molar refractivity (Wildman–Crippen MR) is 125 cm³/mol. The van der Waals surface area contributed by atoms with Gasteiger partial charge in [0.1, 0.15) is 6.29 Å². The maximum Gasteiger partial charge on any atom is 0.331 e. The summed E-state index contributed by atoms with van der Waals surface area (Å²) in [6.45, 7) is 4.08. The molecular weight excluding hydrogens is 412 g/mol. The van der Waals surface area contributed by atoms with E-state index in [1.165, 1.54) is 51.4 Å². The zero-order chi connectivity index (χ0) is 21.6. The SMILES string of the molecule is COC1CCC(C2CNC(NC3CCC(CCN4CCSC4C(=O)O)CC3)NC2)CC1. The lowest BCUT2D eigenvalue weighted by molar-refractivity contribution is -0.139. The smallest absolute Gasteiger partial charge is 0.331 e. The van der Waals surface area contributed by atoms with Crippen LogP contribution in [0.1, 0.15) is 57.8 Å². The number of thioether (sulfide) groups is 1. The van der Waals surface area contributed by atoms with Gasteiger partial charge in [-0.15, -0.1) is 11.8 Å². The van der Waals surface area contributed by atoms with Crippen LogP contribution in [0.2, 0.25) is 0 Å². The van der Waals surface area contributed by atoms with Crippen LogP contribution >= 0.6 is 11.8 Å². The minimum absolute atomic E-state index is 0.242. The molecule has 0 bridgehead atoms. The summed E-state index contributed by atoms with van der Waals surface area (Å²) >= 11 is 1.57. The quantitative estimate of drug-likeness (QED) is 0.445. The number of rotatable bonds is 8. The fourth-order valence-electron chi connectivity index (χ4n) is 6.09. The topological polar surface area (TPSA) is 85.9 Å². The molecule has 4 fully saturated rings. The molecule has 7 nitrogen and oxygen atoms in total. The number of carboxylic acids is 1. The molecule has 0 aromatic carbocycles. The molecule has 4 aliphatic rings. The Kier molecular flexibility index (Phi) is 8.94. The number of aliphatic carboxylic acids is 1. The van der Waals surface area contributed by atoms with E-state index < -0.39 is 5.97 Å². The lowest BCUT2D eigenvalue weighted by atomic mass is 9.78. The van der Waals surface area contributed by atoms with Crippen LogP contribution in [0.15, 0.2) is 0 Å². The van der Waals surface area contributed by atoms with Gasteiger partial charge in [-0.1, -0.05) is 0 Å². The molecule has 0 aromatic rings. The van der Waals surface area contributed by atoms with Crippen molar-refractivity contribution in [2.45, 2.75) is 81.6 Å². The molecular formula is C23H42N4O3S. The van der Waals surface area contributed by atoms with Crippen LogP contribution < -0.4 is 16.0 Å². The lowest BCUT2D eigenvalue weighted by Gasteiger charge is -2.40. The Morgan fingerprint density at radius 3 is 2.42 bits per heavy atom. The number of hydrogen-bond acceptors (Lipinski definition) is 7.